The Morgan fingerprint density at radius 2 is 1.65 bits per heavy atom. The highest BCUT2D eigenvalue weighted by atomic mass is 35.5. The second-order valence-electron chi connectivity index (χ2n) is 7.44. The van der Waals surface area contributed by atoms with Gasteiger partial charge in [0.1, 0.15) is 31.0 Å². The maximum absolute atomic E-state index is 13.1. The van der Waals surface area contributed by atoms with E-state index in [0.29, 0.717) is 32.0 Å². The van der Waals surface area contributed by atoms with Crippen molar-refractivity contribution in [3.8, 4) is 17.2 Å². The summed E-state index contributed by atoms with van der Waals surface area (Å²) in [5.74, 6) is 1.93. The van der Waals surface area contributed by atoms with E-state index in [9.17, 15) is 13.2 Å². The van der Waals surface area contributed by atoms with Crippen LogP contribution in [-0.4, -0.2) is 38.8 Å². The van der Waals surface area contributed by atoms with Gasteiger partial charge in [-0.05, 0) is 75.1 Å². The summed E-state index contributed by atoms with van der Waals surface area (Å²) in [6.45, 7) is 7.25. The second kappa shape index (κ2) is 13.1. The van der Waals surface area contributed by atoms with Crippen LogP contribution in [-0.2, 0) is 4.84 Å². The first-order valence-corrected chi connectivity index (χ1v) is 11.1. The highest BCUT2D eigenvalue weighted by Gasteiger charge is 2.38. The number of hydrogen-bond donors (Lipinski definition) is 0. The van der Waals surface area contributed by atoms with Crippen LogP contribution in [0.25, 0.3) is 0 Å². The fraction of sp³-hybridized carbons (Fsp3) is 0.400. The fourth-order valence-electron chi connectivity index (χ4n) is 3.15. The van der Waals surface area contributed by atoms with Crippen LogP contribution in [0.2, 0.25) is 5.02 Å². The predicted molar refractivity (Wildman–Crippen MR) is 128 cm³/mol. The molecule has 186 valence electrons. The zero-order chi connectivity index (χ0) is 25.1. The van der Waals surface area contributed by atoms with Crippen molar-refractivity contribution in [2.75, 3.05) is 26.9 Å². The molecule has 2 aromatic carbocycles. The van der Waals surface area contributed by atoms with E-state index in [1.54, 1.807) is 0 Å². The minimum Gasteiger partial charge on any atom is -0.493 e. The molecule has 0 radical (unpaired) electrons. The first-order valence-electron chi connectivity index (χ1n) is 10.8. The monoisotopic (exact) mass is 499 g/mol. The van der Waals surface area contributed by atoms with Gasteiger partial charge in [-0.2, -0.15) is 13.2 Å². The summed E-state index contributed by atoms with van der Waals surface area (Å²) in [5, 5.41) is 3.12. The summed E-state index contributed by atoms with van der Waals surface area (Å²) in [7, 11) is 1.05. The van der Waals surface area contributed by atoms with Crippen LogP contribution in [0.5, 0.6) is 17.2 Å². The fourth-order valence-corrected chi connectivity index (χ4v) is 3.38. The van der Waals surface area contributed by atoms with Crippen molar-refractivity contribution in [2.45, 2.75) is 39.8 Å². The number of halogens is 4. The number of alkyl halides is 3. The second-order valence-corrected chi connectivity index (χ2v) is 7.84. The lowest BCUT2D eigenvalue weighted by atomic mass is 10.1. The van der Waals surface area contributed by atoms with Crippen LogP contribution < -0.4 is 14.2 Å². The molecule has 0 heterocycles. The number of aryl methyl sites for hydroxylation is 2. The van der Waals surface area contributed by atoms with Gasteiger partial charge in [0, 0.05) is 5.56 Å². The lowest BCUT2D eigenvalue weighted by Crippen LogP contribution is -2.24. The third-order valence-electron chi connectivity index (χ3n) is 4.71. The molecular formula is C25H29ClF3NO4. The summed E-state index contributed by atoms with van der Waals surface area (Å²) in [6.07, 6.45) is 0.615. The number of rotatable bonds is 12. The largest absolute Gasteiger partial charge is 0.493 e. The number of hydrogen-bond acceptors (Lipinski definition) is 5. The maximum atomic E-state index is 13.1. The lowest BCUT2D eigenvalue weighted by Gasteiger charge is -2.15. The van der Waals surface area contributed by atoms with Crippen molar-refractivity contribution >= 4 is 17.3 Å². The number of ether oxygens (including phenoxy) is 3. The molecule has 0 unspecified atom stereocenters. The first-order chi connectivity index (χ1) is 16.2. The molecular weight excluding hydrogens is 471 g/mol. The average Bonchev–Trinajstić information content (AvgIpc) is 2.76. The van der Waals surface area contributed by atoms with Crippen LogP contribution in [0, 0.1) is 13.8 Å². The maximum Gasteiger partial charge on any atom is 0.437 e. The number of oxime groups is 1. The molecule has 0 spiro atoms. The van der Waals surface area contributed by atoms with Crippen molar-refractivity contribution < 1.29 is 32.2 Å². The minimum atomic E-state index is -4.67. The Balaban J connectivity index is 1.83. The Bertz CT molecular complexity index is 983. The van der Waals surface area contributed by atoms with Crippen molar-refractivity contribution in [1.82, 2.24) is 0 Å². The van der Waals surface area contributed by atoms with Gasteiger partial charge in [0.05, 0.1) is 18.2 Å². The van der Waals surface area contributed by atoms with Gasteiger partial charge in [-0.15, -0.1) is 0 Å². The molecule has 0 atom stereocenters. The quantitative estimate of drug-likeness (QED) is 0.136. The summed E-state index contributed by atoms with van der Waals surface area (Å²) in [6, 6.07) is 7.68. The van der Waals surface area contributed by atoms with E-state index in [-0.39, 0.29) is 10.6 Å². The summed E-state index contributed by atoms with van der Waals surface area (Å²) in [5.41, 5.74) is 0.621. The smallest absolute Gasteiger partial charge is 0.437 e. The molecule has 2 aromatic rings. The van der Waals surface area contributed by atoms with E-state index in [2.05, 4.69) is 9.99 Å². The Hall–Kier alpha value is -2.87. The molecule has 0 aliphatic heterocycles. The Morgan fingerprint density at radius 1 is 1.00 bits per heavy atom. The average molecular weight is 500 g/mol. The van der Waals surface area contributed by atoms with Crippen LogP contribution in [0.1, 0.15) is 36.5 Å². The molecule has 0 N–H and O–H groups in total. The van der Waals surface area contributed by atoms with Crippen LogP contribution >= 0.6 is 11.6 Å². The lowest BCUT2D eigenvalue weighted by molar-refractivity contribution is -0.0608. The Labute approximate surface area is 203 Å². The third-order valence-corrected chi connectivity index (χ3v) is 5.01. The Morgan fingerprint density at radius 3 is 2.21 bits per heavy atom. The molecule has 0 fully saturated rings. The molecule has 34 heavy (non-hydrogen) atoms. The van der Waals surface area contributed by atoms with Crippen LogP contribution in [0.4, 0.5) is 13.2 Å². The zero-order valence-corrected chi connectivity index (χ0v) is 20.4. The summed E-state index contributed by atoms with van der Waals surface area (Å²) < 4.78 is 56.5. The number of allylic oxidation sites excluding steroid dienone is 1. The van der Waals surface area contributed by atoms with E-state index < -0.39 is 11.9 Å². The van der Waals surface area contributed by atoms with Gasteiger partial charge < -0.3 is 19.0 Å². The van der Waals surface area contributed by atoms with E-state index in [4.69, 9.17) is 25.8 Å². The molecule has 0 amide bonds. The highest BCUT2D eigenvalue weighted by Crippen LogP contribution is 2.31. The van der Waals surface area contributed by atoms with Gasteiger partial charge in [-0.1, -0.05) is 28.9 Å². The van der Waals surface area contributed by atoms with E-state index in [1.165, 1.54) is 12.1 Å². The topological polar surface area (TPSA) is 49.3 Å². The van der Waals surface area contributed by atoms with Gasteiger partial charge in [0.25, 0.3) is 0 Å². The molecule has 0 saturated carbocycles. The number of unbranched alkanes of at least 4 members (excludes halogenated alkanes) is 1. The van der Waals surface area contributed by atoms with E-state index >= 15 is 0 Å². The zero-order valence-electron chi connectivity index (χ0n) is 19.7. The number of benzene rings is 2. The van der Waals surface area contributed by atoms with Crippen molar-refractivity contribution in [2.24, 2.45) is 5.16 Å². The summed E-state index contributed by atoms with van der Waals surface area (Å²) in [4.78, 5) is 4.30. The number of nitrogens with zero attached hydrogens (tertiary/aromatic N) is 1. The predicted octanol–water partition coefficient (Wildman–Crippen LogP) is 7.06. The molecule has 5 nitrogen and oxygen atoms in total. The van der Waals surface area contributed by atoms with E-state index in [1.807, 2.05) is 45.1 Å². The first kappa shape index (κ1) is 27.4. The molecule has 0 aromatic heterocycles. The van der Waals surface area contributed by atoms with Gasteiger partial charge in [0.2, 0.25) is 0 Å². The van der Waals surface area contributed by atoms with Gasteiger partial charge in [0.15, 0.2) is 5.71 Å². The SMILES string of the molecule is C/C=C/COc1cc(C)c(OCCCCOc2ccc(C(=NOC)C(F)(F)F)cc2Cl)c(C)c1. The highest BCUT2D eigenvalue weighted by molar-refractivity contribution is 6.32. The summed E-state index contributed by atoms with van der Waals surface area (Å²) >= 11 is 6.10. The molecule has 0 aliphatic carbocycles. The van der Waals surface area contributed by atoms with Gasteiger partial charge in [-0.3, -0.25) is 0 Å². The normalized spacial score (nSPS) is 12.2. The third kappa shape index (κ3) is 8.17. The standard InChI is InChI=1S/C25H29ClF3NO4/c1-5-6-11-32-20-14-17(2)23(18(3)15-20)34-13-8-7-12-33-22-10-9-19(16-21(22)26)24(30-31-4)25(27,28)29/h5-6,9-10,14-16H,7-8,11-13H2,1-4H3/b6-5+,30-24?. The molecule has 0 aliphatic rings. The van der Waals surface area contributed by atoms with Crippen LogP contribution in [0.3, 0.4) is 0 Å². The van der Waals surface area contributed by atoms with Crippen molar-refractivity contribution in [3.05, 3.63) is 64.2 Å². The van der Waals surface area contributed by atoms with Crippen molar-refractivity contribution in [1.29, 1.82) is 0 Å². The molecule has 2 rings (SSSR count). The minimum absolute atomic E-state index is 0.0600. The molecule has 0 bridgehead atoms. The van der Waals surface area contributed by atoms with E-state index in [0.717, 1.165) is 42.2 Å². The Kier molecular flexibility index (Phi) is 10.6. The molecule has 9 heteroatoms. The van der Waals surface area contributed by atoms with Gasteiger partial charge >= 0.3 is 6.18 Å². The van der Waals surface area contributed by atoms with Gasteiger partial charge in [-0.25, -0.2) is 0 Å². The molecule has 0 saturated heterocycles. The van der Waals surface area contributed by atoms with Crippen molar-refractivity contribution in [3.63, 3.8) is 0 Å². The van der Waals surface area contributed by atoms with Crippen LogP contribution in [0.15, 0.2) is 47.6 Å².